The third-order valence-electron chi connectivity index (χ3n) is 2.81. The Labute approximate surface area is 102 Å². The standard InChI is InChI=1S/C11H17N3O.ClH/c12-9-1-2-11(13)8(5-9)6-14-4-3-10(15)7-14;/h1-2,5,10,15H,3-4,6-7,12-13H2;1H. The summed E-state index contributed by atoms with van der Waals surface area (Å²) in [5, 5.41) is 9.40. The van der Waals surface area contributed by atoms with Crippen molar-refractivity contribution in [1.82, 2.24) is 4.90 Å². The number of nitrogens with zero attached hydrogens (tertiary/aromatic N) is 1. The van der Waals surface area contributed by atoms with Gasteiger partial charge in [-0.05, 0) is 30.2 Å². The molecule has 5 N–H and O–H groups in total. The Bertz CT molecular complexity index is 359. The van der Waals surface area contributed by atoms with E-state index < -0.39 is 0 Å². The summed E-state index contributed by atoms with van der Waals surface area (Å²) in [5.41, 5.74) is 14.1. The van der Waals surface area contributed by atoms with Gasteiger partial charge in [-0.15, -0.1) is 12.4 Å². The molecule has 1 fully saturated rings. The molecule has 1 aromatic carbocycles. The van der Waals surface area contributed by atoms with Gasteiger partial charge in [-0.1, -0.05) is 0 Å². The molecule has 1 atom stereocenters. The number of halogens is 1. The largest absolute Gasteiger partial charge is 0.399 e. The zero-order valence-corrected chi connectivity index (χ0v) is 9.91. The first-order valence-corrected chi connectivity index (χ1v) is 5.19. The zero-order chi connectivity index (χ0) is 10.8. The molecular formula is C11H18ClN3O. The molecule has 1 heterocycles. The molecule has 1 aliphatic rings. The van der Waals surface area contributed by atoms with E-state index in [2.05, 4.69) is 4.90 Å². The van der Waals surface area contributed by atoms with Crippen LogP contribution < -0.4 is 11.5 Å². The van der Waals surface area contributed by atoms with E-state index in [0.29, 0.717) is 0 Å². The van der Waals surface area contributed by atoms with Crippen molar-refractivity contribution in [3.05, 3.63) is 23.8 Å². The summed E-state index contributed by atoms with van der Waals surface area (Å²) in [7, 11) is 0. The van der Waals surface area contributed by atoms with E-state index in [4.69, 9.17) is 11.5 Å². The molecule has 1 saturated heterocycles. The van der Waals surface area contributed by atoms with Gasteiger partial charge in [0.15, 0.2) is 0 Å². The van der Waals surface area contributed by atoms with Crippen molar-refractivity contribution in [2.24, 2.45) is 0 Å². The number of benzene rings is 1. The van der Waals surface area contributed by atoms with E-state index in [9.17, 15) is 5.11 Å². The van der Waals surface area contributed by atoms with E-state index in [1.54, 1.807) is 6.07 Å². The molecule has 0 saturated carbocycles. The highest BCUT2D eigenvalue weighted by Crippen LogP contribution is 2.20. The van der Waals surface area contributed by atoms with Gasteiger partial charge in [0.1, 0.15) is 0 Å². The third kappa shape index (κ3) is 3.01. The quantitative estimate of drug-likeness (QED) is 0.673. The average molecular weight is 244 g/mol. The molecule has 0 aromatic heterocycles. The lowest BCUT2D eigenvalue weighted by atomic mass is 10.1. The fourth-order valence-corrected chi connectivity index (χ4v) is 1.96. The molecule has 0 bridgehead atoms. The highest BCUT2D eigenvalue weighted by atomic mass is 35.5. The van der Waals surface area contributed by atoms with Gasteiger partial charge in [0.05, 0.1) is 6.10 Å². The van der Waals surface area contributed by atoms with E-state index in [1.807, 2.05) is 12.1 Å². The number of aliphatic hydroxyl groups is 1. The van der Waals surface area contributed by atoms with Crippen LogP contribution in [0, 0.1) is 0 Å². The van der Waals surface area contributed by atoms with Gasteiger partial charge >= 0.3 is 0 Å². The van der Waals surface area contributed by atoms with Gasteiger partial charge in [-0.25, -0.2) is 0 Å². The molecular weight excluding hydrogens is 226 g/mol. The number of rotatable bonds is 2. The van der Waals surface area contributed by atoms with Gasteiger partial charge in [0.2, 0.25) is 0 Å². The minimum absolute atomic E-state index is 0. The number of nitrogen functional groups attached to an aromatic ring is 2. The first kappa shape index (κ1) is 13.1. The monoisotopic (exact) mass is 243 g/mol. The third-order valence-corrected chi connectivity index (χ3v) is 2.81. The number of nitrogens with two attached hydrogens (primary N) is 2. The van der Waals surface area contributed by atoms with Crippen LogP contribution in [-0.2, 0) is 6.54 Å². The maximum atomic E-state index is 9.40. The van der Waals surface area contributed by atoms with Crippen LogP contribution >= 0.6 is 12.4 Å². The lowest BCUT2D eigenvalue weighted by molar-refractivity contribution is 0.175. The fourth-order valence-electron chi connectivity index (χ4n) is 1.96. The van der Waals surface area contributed by atoms with Crippen molar-refractivity contribution in [2.75, 3.05) is 24.6 Å². The predicted molar refractivity (Wildman–Crippen MR) is 68.4 cm³/mol. The van der Waals surface area contributed by atoms with Crippen LogP contribution in [0.5, 0.6) is 0 Å². The molecule has 0 spiro atoms. The van der Waals surface area contributed by atoms with E-state index in [-0.39, 0.29) is 18.5 Å². The van der Waals surface area contributed by atoms with Gasteiger partial charge in [0, 0.05) is 31.0 Å². The summed E-state index contributed by atoms with van der Waals surface area (Å²) in [5.74, 6) is 0. The van der Waals surface area contributed by atoms with Crippen LogP contribution in [0.3, 0.4) is 0 Å². The van der Waals surface area contributed by atoms with Crippen LogP contribution in [0.4, 0.5) is 11.4 Å². The minimum Gasteiger partial charge on any atom is -0.399 e. The number of anilines is 2. The van der Waals surface area contributed by atoms with Crippen LogP contribution in [0.25, 0.3) is 0 Å². The normalized spacial score (nSPS) is 20.7. The maximum absolute atomic E-state index is 9.40. The molecule has 1 aromatic rings. The van der Waals surface area contributed by atoms with Crippen LogP contribution in [0.2, 0.25) is 0 Å². The lowest BCUT2D eigenvalue weighted by Crippen LogP contribution is -2.22. The maximum Gasteiger partial charge on any atom is 0.0679 e. The molecule has 0 radical (unpaired) electrons. The molecule has 90 valence electrons. The van der Waals surface area contributed by atoms with Crippen LogP contribution in [0.15, 0.2) is 18.2 Å². The van der Waals surface area contributed by atoms with Crippen molar-refractivity contribution >= 4 is 23.8 Å². The Balaban J connectivity index is 0.00000128. The second kappa shape index (κ2) is 5.39. The molecule has 0 aliphatic carbocycles. The Kier molecular flexibility index (Phi) is 4.41. The minimum atomic E-state index is -0.188. The number of β-amino-alcohol motifs (C(OH)–C–C–N with tert-alkyl or cyclic N) is 1. The van der Waals surface area contributed by atoms with Crippen LogP contribution in [0.1, 0.15) is 12.0 Å². The van der Waals surface area contributed by atoms with Gasteiger partial charge in [-0.2, -0.15) is 0 Å². The molecule has 16 heavy (non-hydrogen) atoms. The van der Waals surface area contributed by atoms with Gasteiger partial charge in [0.25, 0.3) is 0 Å². The van der Waals surface area contributed by atoms with E-state index in [1.165, 1.54) is 0 Å². The van der Waals surface area contributed by atoms with Crippen molar-refractivity contribution in [1.29, 1.82) is 0 Å². The van der Waals surface area contributed by atoms with E-state index >= 15 is 0 Å². The average Bonchev–Trinajstić information content (AvgIpc) is 2.58. The Morgan fingerprint density at radius 3 is 2.75 bits per heavy atom. The highest BCUT2D eigenvalue weighted by Gasteiger charge is 2.20. The molecule has 0 amide bonds. The second-order valence-electron chi connectivity index (χ2n) is 4.14. The van der Waals surface area contributed by atoms with Crippen LogP contribution in [-0.4, -0.2) is 29.2 Å². The SMILES string of the molecule is Cl.Nc1ccc(N)c(CN2CCC(O)C2)c1. The van der Waals surface area contributed by atoms with Crippen molar-refractivity contribution < 1.29 is 5.11 Å². The molecule has 5 heteroatoms. The summed E-state index contributed by atoms with van der Waals surface area (Å²) < 4.78 is 0. The summed E-state index contributed by atoms with van der Waals surface area (Å²) in [6, 6.07) is 5.54. The lowest BCUT2D eigenvalue weighted by Gasteiger charge is -2.16. The first-order chi connectivity index (χ1) is 7.15. The highest BCUT2D eigenvalue weighted by molar-refractivity contribution is 5.85. The Morgan fingerprint density at radius 1 is 1.38 bits per heavy atom. The molecule has 1 unspecified atom stereocenters. The number of hydrogen-bond acceptors (Lipinski definition) is 4. The first-order valence-electron chi connectivity index (χ1n) is 5.19. The summed E-state index contributed by atoms with van der Waals surface area (Å²) in [6.07, 6.45) is 0.662. The Morgan fingerprint density at radius 2 is 2.12 bits per heavy atom. The van der Waals surface area contributed by atoms with Gasteiger partial charge in [-0.3, -0.25) is 4.90 Å². The zero-order valence-electron chi connectivity index (χ0n) is 9.10. The van der Waals surface area contributed by atoms with Crippen molar-refractivity contribution in [3.63, 3.8) is 0 Å². The summed E-state index contributed by atoms with van der Waals surface area (Å²) in [6.45, 7) is 2.43. The fraction of sp³-hybridized carbons (Fsp3) is 0.455. The smallest absolute Gasteiger partial charge is 0.0679 e. The second-order valence-corrected chi connectivity index (χ2v) is 4.14. The van der Waals surface area contributed by atoms with Crippen molar-refractivity contribution in [3.8, 4) is 0 Å². The van der Waals surface area contributed by atoms with Crippen molar-refractivity contribution in [2.45, 2.75) is 19.1 Å². The Hall–Kier alpha value is -0.970. The molecule has 4 nitrogen and oxygen atoms in total. The summed E-state index contributed by atoms with van der Waals surface area (Å²) in [4.78, 5) is 2.19. The molecule has 2 rings (SSSR count). The van der Waals surface area contributed by atoms with Gasteiger partial charge < -0.3 is 16.6 Å². The topological polar surface area (TPSA) is 75.5 Å². The predicted octanol–water partition coefficient (Wildman–Crippen LogP) is 0.839. The number of likely N-dealkylation sites (tertiary alicyclic amines) is 1. The van der Waals surface area contributed by atoms with E-state index in [0.717, 1.165) is 43.0 Å². The number of aliphatic hydroxyl groups excluding tert-OH is 1. The summed E-state index contributed by atoms with van der Waals surface area (Å²) >= 11 is 0. The molecule has 1 aliphatic heterocycles. The number of hydrogen-bond donors (Lipinski definition) is 3.